The number of nitrogens with zero attached hydrogens (tertiary/aromatic N) is 2. The van der Waals surface area contributed by atoms with Crippen LogP contribution >= 0.6 is 0 Å². The number of aromatic nitrogens is 2. The van der Waals surface area contributed by atoms with Crippen molar-refractivity contribution in [1.29, 1.82) is 0 Å². The minimum atomic E-state index is 0.685. The molecule has 1 heterocycles. The van der Waals surface area contributed by atoms with Crippen LogP contribution in [0.3, 0.4) is 0 Å². The standard InChI is InChI=1S/C10H17N3/c1-8-9(6-11-2)7-13(12-8)10-4-3-5-10/h7,10-11H,3-6H2,1-2H3. The summed E-state index contributed by atoms with van der Waals surface area (Å²) in [7, 11) is 1.97. The van der Waals surface area contributed by atoms with E-state index in [-0.39, 0.29) is 0 Å². The molecule has 72 valence electrons. The zero-order valence-corrected chi connectivity index (χ0v) is 8.38. The first-order valence-corrected chi connectivity index (χ1v) is 5.00. The lowest BCUT2D eigenvalue weighted by atomic mass is 9.93. The molecule has 3 nitrogen and oxygen atoms in total. The molecular weight excluding hydrogens is 162 g/mol. The molecule has 1 fully saturated rings. The summed E-state index contributed by atoms with van der Waals surface area (Å²) < 4.78 is 2.14. The van der Waals surface area contributed by atoms with Gasteiger partial charge in [-0.15, -0.1) is 0 Å². The van der Waals surface area contributed by atoms with E-state index in [9.17, 15) is 0 Å². The number of rotatable bonds is 3. The van der Waals surface area contributed by atoms with Crippen molar-refractivity contribution in [3.63, 3.8) is 0 Å². The van der Waals surface area contributed by atoms with Crippen molar-refractivity contribution >= 4 is 0 Å². The van der Waals surface area contributed by atoms with Crippen LogP contribution in [-0.2, 0) is 6.54 Å². The monoisotopic (exact) mass is 179 g/mol. The topological polar surface area (TPSA) is 29.9 Å². The summed E-state index contributed by atoms with van der Waals surface area (Å²) in [6.07, 6.45) is 6.17. The van der Waals surface area contributed by atoms with Crippen LogP contribution in [0.15, 0.2) is 6.20 Å². The summed E-state index contributed by atoms with van der Waals surface area (Å²) in [6, 6.07) is 0.685. The molecule has 0 aliphatic heterocycles. The first kappa shape index (κ1) is 8.75. The van der Waals surface area contributed by atoms with Gasteiger partial charge in [0.25, 0.3) is 0 Å². The molecule has 3 heteroatoms. The van der Waals surface area contributed by atoms with Gasteiger partial charge in [-0.25, -0.2) is 0 Å². The van der Waals surface area contributed by atoms with E-state index in [4.69, 9.17) is 0 Å². The smallest absolute Gasteiger partial charge is 0.0638 e. The predicted octanol–water partition coefficient (Wildman–Crippen LogP) is 1.64. The van der Waals surface area contributed by atoms with E-state index in [0.29, 0.717) is 6.04 Å². The molecule has 0 spiro atoms. The molecule has 13 heavy (non-hydrogen) atoms. The second-order valence-electron chi connectivity index (χ2n) is 3.83. The highest BCUT2D eigenvalue weighted by Gasteiger charge is 2.20. The fourth-order valence-electron chi connectivity index (χ4n) is 1.72. The summed E-state index contributed by atoms with van der Waals surface area (Å²) in [4.78, 5) is 0. The van der Waals surface area contributed by atoms with Gasteiger partial charge in [0.1, 0.15) is 0 Å². The Balaban J connectivity index is 2.14. The van der Waals surface area contributed by atoms with Crippen LogP contribution in [0, 0.1) is 6.92 Å². The van der Waals surface area contributed by atoms with Crippen LogP contribution in [-0.4, -0.2) is 16.8 Å². The van der Waals surface area contributed by atoms with Gasteiger partial charge in [0, 0.05) is 18.3 Å². The Labute approximate surface area is 79.1 Å². The second-order valence-corrected chi connectivity index (χ2v) is 3.83. The zero-order valence-electron chi connectivity index (χ0n) is 8.38. The summed E-state index contributed by atoms with van der Waals surface area (Å²) in [5, 5.41) is 7.69. The van der Waals surface area contributed by atoms with Crippen LogP contribution in [0.2, 0.25) is 0 Å². The third kappa shape index (κ3) is 1.61. The SMILES string of the molecule is CNCc1cn(C2CCC2)nc1C. The van der Waals surface area contributed by atoms with Gasteiger partial charge < -0.3 is 5.32 Å². The average molecular weight is 179 g/mol. The maximum Gasteiger partial charge on any atom is 0.0638 e. The molecule has 2 rings (SSSR count). The average Bonchev–Trinajstić information content (AvgIpc) is 2.30. The molecule has 0 bridgehead atoms. The van der Waals surface area contributed by atoms with Crippen molar-refractivity contribution in [2.45, 2.75) is 38.8 Å². The van der Waals surface area contributed by atoms with Crippen molar-refractivity contribution in [1.82, 2.24) is 15.1 Å². The summed E-state index contributed by atoms with van der Waals surface area (Å²) >= 11 is 0. The molecule has 1 aliphatic rings. The third-order valence-electron chi connectivity index (χ3n) is 2.83. The van der Waals surface area contributed by atoms with Crippen LogP contribution in [0.5, 0.6) is 0 Å². The Kier molecular flexibility index (Phi) is 2.36. The van der Waals surface area contributed by atoms with Gasteiger partial charge in [-0.1, -0.05) is 0 Å². The molecule has 0 unspecified atom stereocenters. The summed E-state index contributed by atoms with van der Waals surface area (Å²) in [5.41, 5.74) is 2.50. The van der Waals surface area contributed by atoms with E-state index in [0.717, 1.165) is 6.54 Å². The van der Waals surface area contributed by atoms with E-state index < -0.39 is 0 Å². The molecule has 1 aromatic heterocycles. The number of nitrogens with one attached hydrogen (secondary N) is 1. The van der Waals surface area contributed by atoms with Gasteiger partial charge in [-0.3, -0.25) is 4.68 Å². The number of hydrogen-bond donors (Lipinski definition) is 1. The van der Waals surface area contributed by atoms with Gasteiger partial charge >= 0.3 is 0 Å². The summed E-state index contributed by atoms with van der Waals surface area (Å²) in [5.74, 6) is 0. The molecular formula is C10H17N3. The summed E-state index contributed by atoms with van der Waals surface area (Å²) in [6.45, 7) is 3.01. The highest BCUT2D eigenvalue weighted by atomic mass is 15.3. The van der Waals surface area contributed by atoms with Gasteiger partial charge in [-0.05, 0) is 33.2 Å². The van der Waals surface area contributed by atoms with Crippen LogP contribution in [0.4, 0.5) is 0 Å². The van der Waals surface area contributed by atoms with E-state index in [1.807, 2.05) is 7.05 Å². The Morgan fingerprint density at radius 1 is 1.62 bits per heavy atom. The second kappa shape index (κ2) is 3.50. The lowest BCUT2D eigenvalue weighted by molar-refractivity contribution is 0.288. The Hall–Kier alpha value is -0.830. The maximum absolute atomic E-state index is 4.53. The molecule has 0 aromatic carbocycles. The van der Waals surface area contributed by atoms with Gasteiger partial charge in [0.05, 0.1) is 11.7 Å². The fourth-order valence-corrected chi connectivity index (χ4v) is 1.72. The van der Waals surface area contributed by atoms with Crippen molar-refractivity contribution in [2.75, 3.05) is 7.05 Å². The van der Waals surface area contributed by atoms with Crippen molar-refractivity contribution in [3.8, 4) is 0 Å². The van der Waals surface area contributed by atoms with Gasteiger partial charge in [0.15, 0.2) is 0 Å². The highest BCUT2D eigenvalue weighted by Crippen LogP contribution is 2.31. The Morgan fingerprint density at radius 2 is 2.38 bits per heavy atom. The fraction of sp³-hybridized carbons (Fsp3) is 0.700. The first-order chi connectivity index (χ1) is 6.31. The maximum atomic E-state index is 4.53. The molecule has 1 aliphatic carbocycles. The van der Waals surface area contributed by atoms with E-state index in [1.54, 1.807) is 0 Å². The van der Waals surface area contributed by atoms with E-state index in [2.05, 4.69) is 28.2 Å². The van der Waals surface area contributed by atoms with Crippen molar-refractivity contribution in [3.05, 3.63) is 17.5 Å². The molecule has 0 radical (unpaired) electrons. The highest BCUT2D eigenvalue weighted by molar-refractivity contribution is 5.15. The van der Waals surface area contributed by atoms with Crippen LogP contribution in [0.1, 0.15) is 36.6 Å². The molecule has 0 saturated heterocycles. The van der Waals surface area contributed by atoms with Crippen LogP contribution < -0.4 is 5.32 Å². The lowest BCUT2D eigenvalue weighted by Crippen LogP contribution is -2.17. The molecule has 1 aromatic rings. The molecule has 1 N–H and O–H groups in total. The van der Waals surface area contributed by atoms with Gasteiger partial charge in [-0.2, -0.15) is 5.10 Å². The van der Waals surface area contributed by atoms with Crippen molar-refractivity contribution in [2.24, 2.45) is 0 Å². The molecule has 0 amide bonds. The molecule has 1 saturated carbocycles. The number of hydrogen-bond acceptors (Lipinski definition) is 2. The lowest BCUT2D eigenvalue weighted by Gasteiger charge is -2.25. The Morgan fingerprint density at radius 3 is 2.92 bits per heavy atom. The third-order valence-corrected chi connectivity index (χ3v) is 2.83. The van der Waals surface area contributed by atoms with Crippen molar-refractivity contribution < 1.29 is 0 Å². The predicted molar refractivity (Wildman–Crippen MR) is 52.6 cm³/mol. The number of aryl methyl sites for hydroxylation is 1. The van der Waals surface area contributed by atoms with Crippen LogP contribution in [0.25, 0.3) is 0 Å². The largest absolute Gasteiger partial charge is 0.316 e. The minimum absolute atomic E-state index is 0.685. The van der Waals surface area contributed by atoms with E-state index >= 15 is 0 Å². The normalized spacial score (nSPS) is 17.4. The molecule has 0 atom stereocenters. The quantitative estimate of drug-likeness (QED) is 0.764. The Bertz CT molecular complexity index is 286. The first-order valence-electron chi connectivity index (χ1n) is 5.00. The zero-order chi connectivity index (χ0) is 9.26. The minimum Gasteiger partial charge on any atom is -0.316 e. The van der Waals surface area contributed by atoms with E-state index in [1.165, 1.54) is 30.5 Å². The van der Waals surface area contributed by atoms with Gasteiger partial charge in [0.2, 0.25) is 0 Å².